The maximum Gasteiger partial charge on any atom is 0.230 e. The number of carbonyl (C=O) groups excluding carboxylic acids is 1. The average molecular weight is 343 g/mol. The van der Waals surface area contributed by atoms with Crippen molar-refractivity contribution in [3.63, 3.8) is 0 Å². The lowest BCUT2D eigenvalue weighted by molar-refractivity contribution is -0.119. The summed E-state index contributed by atoms with van der Waals surface area (Å²) in [6, 6.07) is 0.365. The molecule has 124 valence electrons. The summed E-state index contributed by atoms with van der Waals surface area (Å²) in [6.07, 6.45) is 9.75. The van der Waals surface area contributed by atoms with E-state index in [0.717, 1.165) is 35.3 Å². The normalized spacial score (nSPS) is 16.8. The van der Waals surface area contributed by atoms with Gasteiger partial charge in [0, 0.05) is 12.6 Å². The van der Waals surface area contributed by atoms with Crippen molar-refractivity contribution in [2.45, 2.75) is 68.7 Å². The van der Waals surface area contributed by atoms with Crippen LogP contribution < -0.4 is 10.6 Å². The first kappa shape index (κ1) is 17.5. The molecule has 22 heavy (non-hydrogen) atoms. The molecule has 1 aromatic heterocycles. The second kappa shape index (κ2) is 10.0. The number of nitrogens with one attached hydrogen (secondary N) is 2. The highest BCUT2D eigenvalue weighted by atomic mass is 32.2. The zero-order chi connectivity index (χ0) is 15.6. The fraction of sp³-hybridized carbons (Fsp3) is 0.800. The zero-order valence-corrected chi connectivity index (χ0v) is 14.9. The standard InChI is InChI=1S/C15H26N4OS2/c1-2-10-16-14-18-19-15(22-14)21-11-13(20)17-12-8-6-4-3-5-7-9-12/h12H,2-11H2,1H3,(H,16,18)(H,17,20). The van der Waals surface area contributed by atoms with Crippen LogP contribution in [-0.4, -0.2) is 34.4 Å². The van der Waals surface area contributed by atoms with Gasteiger partial charge in [0.25, 0.3) is 0 Å². The van der Waals surface area contributed by atoms with Crippen LogP contribution in [0.25, 0.3) is 0 Å². The Kier molecular flexibility index (Phi) is 8.01. The Hall–Kier alpha value is -0.820. The van der Waals surface area contributed by atoms with Crippen LogP contribution in [0.3, 0.4) is 0 Å². The minimum Gasteiger partial charge on any atom is -0.360 e. The van der Waals surface area contributed by atoms with Crippen molar-refractivity contribution in [1.29, 1.82) is 0 Å². The lowest BCUT2D eigenvalue weighted by atomic mass is 9.97. The molecular formula is C15H26N4OS2. The van der Waals surface area contributed by atoms with Crippen LogP contribution in [0.1, 0.15) is 58.3 Å². The molecule has 7 heteroatoms. The van der Waals surface area contributed by atoms with Gasteiger partial charge in [-0.25, -0.2) is 0 Å². The third-order valence-electron chi connectivity index (χ3n) is 3.73. The highest BCUT2D eigenvalue weighted by molar-refractivity contribution is 8.01. The molecule has 1 heterocycles. The Balaban J connectivity index is 1.69. The molecule has 1 fully saturated rings. The van der Waals surface area contributed by atoms with E-state index in [1.54, 1.807) is 0 Å². The van der Waals surface area contributed by atoms with Gasteiger partial charge >= 0.3 is 0 Å². The van der Waals surface area contributed by atoms with Crippen molar-refractivity contribution in [3.8, 4) is 0 Å². The highest BCUT2D eigenvalue weighted by Gasteiger charge is 2.15. The van der Waals surface area contributed by atoms with E-state index in [1.807, 2.05) is 0 Å². The van der Waals surface area contributed by atoms with Crippen LogP contribution >= 0.6 is 23.1 Å². The molecule has 2 N–H and O–H groups in total. The van der Waals surface area contributed by atoms with Crippen molar-refractivity contribution in [1.82, 2.24) is 15.5 Å². The van der Waals surface area contributed by atoms with Gasteiger partial charge in [-0.15, -0.1) is 10.2 Å². The van der Waals surface area contributed by atoms with Gasteiger partial charge in [0.2, 0.25) is 11.0 Å². The van der Waals surface area contributed by atoms with Gasteiger partial charge in [0.05, 0.1) is 5.75 Å². The van der Waals surface area contributed by atoms with E-state index in [9.17, 15) is 4.79 Å². The maximum absolute atomic E-state index is 12.1. The molecule has 5 nitrogen and oxygen atoms in total. The van der Waals surface area contributed by atoms with Crippen LogP contribution in [0.15, 0.2) is 4.34 Å². The monoisotopic (exact) mass is 342 g/mol. The van der Waals surface area contributed by atoms with Gasteiger partial charge in [-0.1, -0.05) is 62.1 Å². The Labute approximate surface area is 141 Å². The van der Waals surface area contributed by atoms with Crippen molar-refractivity contribution in [2.75, 3.05) is 17.6 Å². The predicted molar refractivity (Wildman–Crippen MR) is 93.7 cm³/mol. The number of nitrogens with zero attached hydrogens (tertiary/aromatic N) is 2. The van der Waals surface area contributed by atoms with Crippen LogP contribution in [0.2, 0.25) is 0 Å². The predicted octanol–water partition coefficient (Wildman–Crippen LogP) is 3.68. The fourth-order valence-corrected chi connectivity index (χ4v) is 4.16. The largest absolute Gasteiger partial charge is 0.360 e. The molecule has 0 unspecified atom stereocenters. The van der Waals surface area contributed by atoms with Crippen molar-refractivity contribution >= 4 is 34.1 Å². The van der Waals surface area contributed by atoms with Gasteiger partial charge in [0.1, 0.15) is 0 Å². The quantitative estimate of drug-likeness (QED) is 0.740. The second-order valence-corrected chi connectivity index (χ2v) is 7.90. The minimum absolute atomic E-state index is 0.119. The van der Waals surface area contributed by atoms with Crippen LogP contribution in [0.4, 0.5) is 5.13 Å². The Morgan fingerprint density at radius 2 is 1.95 bits per heavy atom. The molecule has 0 aromatic carbocycles. The number of anilines is 1. The van der Waals surface area contributed by atoms with Crippen LogP contribution in [-0.2, 0) is 4.79 Å². The summed E-state index contributed by atoms with van der Waals surface area (Å²) in [5.74, 6) is 0.549. The number of carbonyl (C=O) groups is 1. The molecule has 0 atom stereocenters. The lowest BCUT2D eigenvalue weighted by Gasteiger charge is -2.20. The average Bonchev–Trinajstić information content (AvgIpc) is 2.93. The van der Waals surface area contributed by atoms with E-state index in [1.165, 1.54) is 55.2 Å². The highest BCUT2D eigenvalue weighted by Crippen LogP contribution is 2.25. The van der Waals surface area contributed by atoms with Crippen molar-refractivity contribution < 1.29 is 4.79 Å². The van der Waals surface area contributed by atoms with E-state index in [4.69, 9.17) is 0 Å². The SMILES string of the molecule is CCCNc1nnc(SCC(=O)NC2CCCCCCC2)s1. The van der Waals surface area contributed by atoms with Crippen LogP contribution in [0.5, 0.6) is 0 Å². The van der Waals surface area contributed by atoms with Crippen molar-refractivity contribution in [3.05, 3.63) is 0 Å². The molecule has 0 radical (unpaired) electrons. The molecule has 2 rings (SSSR count). The molecule has 1 aliphatic rings. The van der Waals surface area contributed by atoms with Crippen LogP contribution in [0, 0.1) is 0 Å². The summed E-state index contributed by atoms with van der Waals surface area (Å²) in [4.78, 5) is 12.1. The molecule has 1 saturated carbocycles. The summed E-state index contributed by atoms with van der Waals surface area (Å²) < 4.78 is 0.853. The molecule has 1 aliphatic carbocycles. The molecule has 0 spiro atoms. The summed E-state index contributed by atoms with van der Waals surface area (Å²) >= 11 is 2.99. The first-order chi connectivity index (χ1) is 10.8. The Bertz CT molecular complexity index is 445. The number of thioether (sulfide) groups is 1. The number of aromatic nitrogens is 2. The zero-order valence-electron chi connectivity index (χ0n) is 13.3. The van der Waals surface area contributed by atoms with Gasteiger partial charge < -0.3 is 10.6 Å². The first-order valence-corrected chi connectivity index (χ1v) is 10.1. The van der Waals surface area contributed by atoms with Gasteiger partial charge in [-0.3, -0.25) is 4.79 Å². The fourth-order valence-electron chi connectivity index (χ4n) is 2.57. The van der Waals surface area contributed by atoms with E-state index < -0.39 is 0 Å². The Morgan fingerprint density at radius 1 is 1.23 bits per heavy atom. The third kappa shape index (κ3) is 6.52. The molecule has 1 amide bonds. The third-order valence-corrected chi connectivity index (χ3v) is 5.74. The number of rotatable bonds is 7. The Morgan fingerprint density at radius 3 is 2.68 bits per heavy atom. The number of hydrogen-bond acceptors (Lipinski definition) is 6. The number of hydrogen-bond donors (Lipinski definition) is 2. The summed E-state index contributed by atoms with van der Waals surface area (Å²) in [5.41, 5.74) is 0. The summed E-state index contributed by atoms with van der Waals surface area (Å²) in [5, 5.41) is 15.4. The maximum atomic E-state index is 12.1. The van der Waals surface area contributed by atoms with Gasteiger partial charge in [0.15, 0.2) is 4.34 Å². The second-order valence-electron chi connectivity index (χ2n) is 5.70. The van der Waals surface area contributed by atoms with Gasteiger partial charge in [-0.05, 0) is 19.3 Å². The van der Waals surface area contributed by atoms with Gasteiger partial charge in [-0.2, -0.15) is 0 Å². The summed E-state index contributed by atoms with van der Waals surface area (Å²) in [6.45, 7) is 3.02. The smallest absolute Gasteiger partial charge is 0.230 e. The van der Waals surface area contributed by atoms with E-state index >= 15 is 0 Å². The molecular weight excluding hydrogens is 316 g/mol. The lowest BCUT2D eigenvalue weighted by Crippen LogP contribution is -2.36. The number of amides is 1. The summed E-state index contributed by atoms with van der Waals surface area (Å²) in [7, 11) is 0. The topological polar surface area (TPSA) is 66.9 Å². The minimum atomic E-state index is 0.119. The molecule has 1 aromatic rings. The molecule has 0 aliphatic heterocycles. The molecule has 0 saturated heterocycles. The van der Waals surface area contributed by atoms with Crippen molar-refractivity contribution in [2.24, 2.45) is 0 Å². The molecule has 0 bridgehead atoms. The first-order valence-electron chi connectivity index (χ1n) is 8.27. The van der Waals surface area contributed by atoms with E-state index in [0.29, 0.717) is 11.8 Å². The van der Waals surface area contributed by atoms with E-state index in [-0.39, 0.29) is 5.91 Å². The van der Waals surface area contributed by atoms with E-state index in [2.05, 4.69) is 27.8 Å².